The van der Waals surface area contributed by atoms with Crippen LogP contribution in [0.5, 0.6) is 5.75 Å². The zero-order valence-electron chi connectivity index (χ0n) is 12.6. The maximum absolute atomic E-state index is 11.7. The number of carbonyl (C=O) groups is 2. The highest BCUT2D eigenvalue weighted by Gasteiger charge is 2.19. The molecule has 0 saturated carbocycles. The van der Waals surface area contributed by atoms with Gasteiger partial charge in [-0.1, -0.05) is 18.2 Å². The van der Waals surface area contributed by atoms with Crippen LogP contribution in [-0.4, -0.2) is 35.7 Å². The van der Waals surface area contributed by atoms with Gasteiger partial charge in [0.25, 0.3) is 0 Å². The monoisotopic (exact) mass is 294 g/mol. The van der Waals surface area contributed by atoms with E-state index in [9.17, 15) is 9.59 Å². The van der Waals surface area contributed by atoms with E-state index in [0.29, 0.717) is 0 Å². The smallest absolute Gasteiger partial charge is 0.305 e. The summed E-state index contributed by atoms with van der Waals surface area (Å²) in [6.45, 7) is 5.97. The summed E-state index contributed by atoms with van der Waals surface area (Å²) in [7, 11) is 0. The quantitative estimate of drug-likeness (QED) is 0.696. The number of aryl methyl sites for hydroxylation is 2. The zero-order valence-corrected chi connectivity index (χ0v) is 12.6. The summed E-state index contributed by atoms with van der Waals surface area (Å²) in [5.41, 5.74) is 7.54. The minimum absolute atomic E-state index is 0.267. The molecule has 1 unspecified atom stereocenters. The molecule has 0 heterocycles. The van der Waals surface area contributed by atoms with Crippen LogP contribution in [0.2, 0.25) is 0 Å². The highest BCUT2D eigenvalue weighted by atomic mass is 16.5. The van der Waals surface area contributed by atoms with E-state index in [-0.39, 0.29) is 12.6 Å². The standard InChI is InChI=1S/C15H22N2O4/c1-9-5-4-6-10(2)14(9)21-8-11(3)17-15(20)12(16)7-13(18)19/h4-6,11-12H,7-8,16H2,1-3H3,(H,17,20)(H,18,19)/t11?,12-/m0/s1. The summed E-state index contributed by atoms with van der Waals surface area (Å²) in [5.74, 6) is -0.791. The van der Waals surface area contributed by atoms with Gasteiger partial charge in [0, 0.05) is 0 Å². The number of benzene rings is 1. The van der Waals surface area contributed by atoms with Crippen molar-refractivity contribution in [1.82, 2.24) is 5.32 Å². The number of aliphatic carboxylic acids is 1. The number of nitrogens with two attached hydrogens (primary N) is 1. The molecule has 2 atom stereocenters. The molecule has 0 aliphatic rings. The van der Waals surface area contributed by atoms with Gasteiger partial charge in [-0.15, -0.1) is 0 Å². The minimum atomic E-state index is -1.10. The molecule has 1 amide bonds. The first kappa shape index (κ1) is 17.0. The van der Waals surface area contributed by atoms with Gasteiger partial charge in [-0.25, -0.2) is 0 Å². The third-order valence-corrected chi connectivity index (χ3v) is 3.01. The summed E-state index contributed by atoms with van der Waals surface area (Å²) in [4.78, 5) is 22.2. The minimum Gasteiger partial charge on any atom is -0.491 e. The summed E-state index contributed by atoms with van der Waals surface area (Å²) in [6, 6.07) is 4.54. The molecule has 0 fully saturated rings. The number of carboxylic acid groups (broad SMARTS) is 1. The maximum atomic E-state index is 11.7. The van der Waals surface area contributed by atoms with Gasteiger partial charge in [-0.05, 0) is 31.9 Å². The highest BCUT2D eigenvalue weighted by molar-refractivity contribution is 5.86. The molecule has 116 valence electrons. The fourth-order valence-electron chi connectivity index (χ4n) is 1.91. The molecule has 1 aromatic rings. The van der Waals surface area contributed by atoms with Crippen molar-refractivity contribution in [3.05, 3.63) is 29.3 Å². The molecule has 1 aromatic carbocycles. The molecule has 0 bridgehead atoms. The van der Waals surface area contributed by atoms with Crippen molar-refractivity contribution in [3.8, 4) is 5.75 Å². The topological polar surface area (TPSA) is 102 Å². The molecule has 4 N–H and O–H groups in total. The van der Waals surface area contributed by atoms with Crippen LogP contribution in [0, 0.1) is 13.8 Å². The molecule has 0 aliphatic heterocycles. The van der Waals surface area contributed by atoms with E-state index in [1.54, 1.807) is 6.92 Å². The molecule has 1 rings (SSSR count). The van der Waals surface area contributed by atoms with Gasteiger partial charge in [-0.3, -0.25) is 9.59 Å². The molecule has 21 heavy (non-hydrogen) atoms. The lowest BCUT2D eigenvalue weighted by molar-refractivity contribution is -0.139. The fourth-order valence-corrected chi connectivity index (χ4v) is 1.91. The Morgan fingerprint density at radius 2 is 1.90 bits per heavy atom. The third kappa shape index (κ3) is 5.43. The van der Waals surface area contributed by atoms with Crippen molar-refractivity contribution in [2.45, 2.75) is 39.3 Å². The summed E-state index contributed by atoms with van der Waals surface area (Å²) < 4.78 is 5.72. The van der Waals surface area contributed by atoms with Crippen LogP contribution in [0.1, 0.15) is 24.5 Å². The van der Waals surface area contributed by atoms with Crippen molar-refractivity contribution in [1.29, 1.82) is 0 Å². The van der Waals surface area contributed by atoms with Crippen molar-refractivity contribution in [3.63, 3.8) is 0 Å². The number of carboxylic acids is 1. The lowest BCUT2D eigenvalue weighted by Crippen LogP contribution is -2.47. The van der Waals surface area contributed by atoms with Crippen molar-refractivity contribution in [2.75, 3.05) is 6.61 Å². The first-order chi connectivity index (χ1) is 9.81. The molecule has 0 aromatic heterocycles. The molecular formula is C15H22N2O4. The molecule has 6 nitrogen and oxygen atoms in total. The number of ether oxygens (including phenoxy) is 1. The first-order valence-corrected chi connectivity index (χ1v) is 6.78. The van der Waals surface area contributed by atoms with Crippen molar-refractivity contribution < 1.29 is 19.4 Å². The third-order valence-electron chi connectivity index (χ3n) is 3.01. The lowest BCUT2D eigenvalue weighted by Gasteiger charge is -2.19. The predicted molar refractivity (Wildman–Crippen MR) is 79.2 cm³/mol. The van der Waals surface area contributed by atoms with Gasteiger partial charge in [0.2, 0.25) is 5.91 Å². The number of carbonyl (C=O) groups excluding carboxylic acids is 1. The van der Waals surface area contributed by atoms with E-state index in [1.807, 2.05) is 32.0 Å². The number of para-hydroxylation sites is 1. The second-order valence-electron chi connectivity index (χ2n) is 5.15. The van der Waals surface area contributed by atoms with E-state index in [1.165, 1.54) is 0 Å². The summed E-state index contributed by atoms with van der Waals surface area (Å²) >= 11 is 0. The Hall–Kier alpha value is -2.08. The number of amides is 1. The van der Waals surface area contributed by atoms with Gasteiger partial charge < -0.3 is 20.9 Å². The Bertz CT molecular complexity index is 496. The van der Waals surface area contributed by atoms with Crippen LogP contribution in [0.15, 0.2) is 18.2 Å². The van der Waals surface area contributed by atoms with Crippen LogP contribution in [0.3, 0.4) is 0 Å². The van der Waals surface area contributed by atoms with Crippen LogP contribution in [-0.2, 0) is 9.59 Å². The molecule has 0 spiro atoms. The zero-order chi connectivity index (χ0) is 16.0. The number of hydrogen-bond donors (Lipinski definition) is 3. The average Bonchev–Trinajstić information content (AvgIpc) is 2.37. The lowest BCUT2D eigenvalue weighted by atomic mass is 10.1. The second kappa shape index (κ2) is 7.64. The van der Waals surface area contributed by atoms with E-state index >= 15 is 0 Å². The Morgan fingerprint density at radius 3 is 2.43 bits per heavy atom. The molecule has 6 heteroatoms. The summed E-state index contributed by atoms with van der Waals surface area (Å²) in [6.07, 6.45) is -0.393. The van der Waals surface area contributed by atoms with Crippen molar-refractivity contribution in [2.24, 2.45) is 5.73 Å². The van der Waals surface area contributed by atoms with Crippen LogP contribution in [0.4, 0.5) is 0 Å². The second-order valence-corrected chi connectivity index (χ2v) is 5.15. The summed E-state index contributed by atoms with van der Waals surface area (Å²) in [5, 5.41) is 11.2. The Balaban J connectivity index is 2.49. The average molecular weight is 294 g/mol. The molecule has 0 radical (unpaired) electrons. The molecular weight excluding hydrogens is 272 g/mol. The Morgan fingerprint density at radius 1 is 1.33 bits per heavy atom. The Labute approximate surface area is 124 Å². The van der Waals surface area contributed by atoms with E-state index < -0.39 is 24.3 Å². The number of hydrogen-bond acceptors (Lipinski definition) is 4. The van der Waals surface area contributed by atoms with E-state index in [0.717, 1.165) is 16.9 Å². The maximum Gasteiger partial charge on any atom is 0.305 e. The number of rotatable bonds is 7. The molecule has 0 aliphatic carbocycles. The van der Waals surface area contributed by atoms with Gasteiger partial charge in [0.1, 0.15) is 12.4 Å². The van der Waals surface area contributed by atoms with Gasteiger partial charge in [0.05, 0.1) is 18.5 Å². The van der Waals surface area contributed by atoms with E-state index in [2.05, 4.69) is 5.32 Å². The van der Waals surface area contributed by atoms with Crippen LogP contribution < -0.4 is 15.8 Å². The predicted octanol–water partition coefficient (Wildman–Crippen LogP) is 0.989. The van der Waals surface area contributed by atoms with Crippen molar-refractivity contribution >= 4 is 11.9 Å². The van der Waals surface area contributed by atoms with Crippen LogP contribution >= 0.6 is 0 Å². The van der Waals surface area contributed by atoms with Crippen LogP contribution in [0.25, 0.3) is 0 Å². The Kier molecular flexibility index (Phi) is 6.17. The molecule has 0 saturated heterocycles. The highest BCUT2D eigenvalue weighted by Crippen LogP contribution is 2.22. The number of nitrogens with one attached hydrogen (secondary N) is 1. The SMILES string of the molecule is Cc1cccc(C)c1OCC(C)NC(=O)[C@@H](N)CC(=O)O. The first-order valence-electron chi connectivity index (χ1n) is 6.78. The fraction of sp³-hybridized carbons (Fsp3) is 0.467. The van der Waals surface area contributed by atoms with Gasteiger partial charge >= 0.3 is 5.97 Å². The van der Waals surface area contributed by atoms with E-state index in [4.69, 9.17) is 15.6 Å². The van der Waals surface area contributed by atoms with Gasteiger partial charge in [0.15, 0.2) is 0 Å². The largest absolute Gasteiger partial charge is 0.491 e. The normalized spacial score (nSPS) is 13.3. The van der Waals surface area contributed by atoms with Gasteiger partial charge in [-0.2, -0.15) is 0 Å².